The molecule has 1 amide bonds. The molecule has 0 saturated heterocycles. The average Bonchev–Trinajstić information content (AvgIpc) is 2.40. The van der Waals surface area contributed by atoms with Crippen LogP contribution < -0.4 is 10.6 Å². The first-order chi connectivity index (χ1) is 9.06. The fourth-order valence-electron chi connectivity index (χ4n) is 1.64. The van der Waals surface area contributed by atoms with Crippen LogP contribution in [0, 0.1) is 5.82 Å². The van der Waals surface area contributed by atoms with Gasteiger partial charge in [0.1, 0.15) is 5.82 Å². The molecular weight excluding hydrogens is 245 g/mol. The van der Waals surface area contributed by atoms with E-state index >= 15 is 0 Å². The molecule has 0 aliphatic rings. The fourth-order valence-corrected chi connectivity index (χ4v) is 1.64. The lowest BCUT2D eigenvalue weighted by atomic mass is 10.2. The Morgan fingerprint density at radius 3 is 2.79 bits per heavy atom. The number of carbonyl (C=O) groups excluding carboxylic acids is 1. The molecule has 0 fully saturated rings. The van der Waals surface area contributed by atoms with Crippen molar-refractivity contribution in [2.75, 3.05) is 17.7 Å². The van der Waals surface area contributed by atoms with E-state index < -0.39 is 0 Å². The molecule has 98 valence electrons. The van der Waals surface area contributed by atoms with Crippen LogP contribution in [0.5, 0.6) is 0 Å². The van der Waals surface area contributed by atoms with Gasteiger partial charge < -0.3 is 10.6 Å². The Hall–Kier alpha value is -2.43. The maximum atomic E-state index is 13.1. The van der Waals surface area contributed by atoms with Gasteiger partial charge in [0.05, 0.1) is 18.3 Å². The van der Waals surface area contributed by atoms with E-state index in [-0.39, 0.29) is 18.1 Å². The minimum Gasteiger partial charge on any atom is -0.397 e. The first-order valence-corrected chi connectivity index (χ1v) is 5.79. The number of carbonyl (C=O) groups is 1. The molecule has 2 N–H and O–H groups in total. The van der Waals surface area contributed by atoms with Crippen molar-refractivity contribution in [3.63, 3.8) is 0 Å². The Morgan fingerprint density at radius 1 is 1.37 bits per heavy atom. The molecule has 0 saturated carbocycles. The molecule has 2 aromatic rings. The van der Waals surface area contributed by atoms with Crippen molar-refractivity contribution in [2.45, 2.75) is 6.42 Å². The van der Waals surface area contributed by atoms with Crippen molar-refractivity contribution in [3.05, 3.63) is 54.1 Å². The summed E-state index contributed by atoms with van der Waals surface area (Å²) in [6.07, 6.45) is 1.65. The number of anilines is 2. The maximum absolute atomic E-state index is 13.1. The standard InChI is InChI=1S/C14H14FN3O/c1-18(13-4-2-3-10(15)7-13)14(19)8-12-6-5-11(16)9-17-12/h2-7,9H,8,16H2,1H3. The Balaban J connectivity index is 2.09. The highest BCUT2D eigenvalue weighted by atomic mass is 19.1. The van der Waals surface area contributed by atoms with Crippen molar-refractivity contribution in [1.82, 2.24) is 4.98 Å². The number of likely N-dealkylation sites (N-methyl/N-ethyl adjacent to an activating group) is 1. The summed E-state index contributed by atoms with van der Waals surface area (Å²) in [5.41, 5.74) is 7.22. The molecule has 4 nitrogen and oxygen atoms in total. The van der Waals surface area contributed by atoms with E-state index in [2.05, 4.69) is 4.98 Å². The van der Waals surface area contributed by atoms with Gasteiger partial charge in [-0.25, -0.2) is 4.39 Å². The molecule has 0 aliphatic carbocycles. The summed E-state index contributed by atoms with van der Waals surface area (Å²) in [4.78, 5) is 17.5. The first kappa shape index (κ1) is 13.0. The smallest absolute Gasteiger partial charge is 0.232 e. The van der Waals surface area contributed by atoms with Gasteiger partial charge in [0.2, 0.25) is 5.91 Å². The van der Waals surface area contributed by atoms with Gasteiger partial charge >= 0.3 is 0 Å². The minimum atomic E-state index is -0.372. The van der Waals surface area contributed by atoms with Gasteiger partial charge in [0.25, 0.3) is 0 Å². The van der Waals surface area contributed by atoms with Gasteiger partial charge in [0, 0.05) is 18.4 Å². The number of benzene rings is 1. The fraction of sp³-hybridized carbons (Fsp3) is 0.143. The van der Waals surface area contributed by atoms with Crippen LogP contribution in [0.2, 0.25) is 0 Å². The van der Waals surface area contributed by atoms with Crippen molar-refractivity contribution in [1.29, 1.82) is 0 Å². The maximum Gasteiger partial charge on any atom is 0.232 e. The zero-order valence-electron chi connectivity index (χ0n) is 10.5. The van der Waals surface area contributed by atoms with Crippen LogP contribution in [0.4, 0.5) is 15.8 Å². The molecule has 0 unspecified atom stereocenters. The molecule has 5 heteroatoms. The number of pyridine rings is 1. The van der Waals surface area contributed by atoms with E-state index in [4.69, 9.17) is 5.73 Å². The number of hydrogen-bond acceptors (Lipinski definition) is 3. The van der Waals surface area contributed by atoms with Gasteiger partial charge in [-0.3, -0.25) is 9.78 Å². The number of rotatable bonds is 3. The zero-order chi connectivity index (χ0) is 13.8. The summed E-state index contributed by atoms with van der Waals surface area (Å²) in [5, 5.41) is 0. The molecular formula is C14H14FN3O. The van der Waals surface area contributed by atoms with Crippen LogP contribution in [0.15, 0.2) is 42.6 Å². The lowest BCUT2D eigenvalue weighted by Crippen LogP contribution is -2.28. The number of hydrogen-bond donors (Lipinski definition) is 1. The van der Waals surface area contributed by atoms with E-state index in [1.54, 1.807) is 31.3 Å². The number of nitrogens with two attached hydrogens (primary N) is 1. The summed E-state index contributed by atoms with van der Waals surface area (Å²) in [6.45, 7) is 0. The minimum absolute atomic E-state index is 0.146. The Morgan fingerprint density at radius 2 is 2.16 bits per heavy atom. The van der Waals surface area contributed by atoms with Crippen LogP contribution >= 0.6 is 0 Å². The van der Waals surface area contributed by atoms with E-state index in [0.717, 1.165) is 0 Å². The molecule has 19 heavy (non-hydrogen) atoms. The van der Waals surface area contributed by atoms with Crippen LogP contribution in [-0.4, -0.2) is 17.9 Å². The van der Waals surface area contributed by atoms with E-state index in [9.17, 15) is 9.18 Å². The number of halogens is 1. The van der Waals surface area contributed by atoms with E-state index in [1.807, 2.05) is 0 Å². The third-order valence-electron chi connectivity index (χ3n) is 2.75. The Bertz CT molecular complexity index is 583. The summed E-state index contributed by atoms with van der Waals surface area (Å²) in [6, 6.07) is 9.29. The SMILES string of the molecule is CN(C(=O)Cc1ccc(N)cn1)c1cccc(F)c1. The number of nitrogens with zero attached hydrogens (tertiary/aromatic N) is 2. The van der Waals surface area contributed by atoms with Crippen LogP contribution in [0.25, 0.3) is 0 Å². The molecule has 0 spiro atoms. The van der Waals surface area contributed by atoms with E-state index in [0.29, 0.717) is 17.1 Å². The number of aromatic nitrogens is 1. The van der Waals surface area contributed by atoms with Gasteiger partial charge in [-0.05, 0) is 30.3 Å². The summed E-state index contributed by atoms with van der Waals surface area (Å²) in [5.74, 6) is -0.536. The molecule has 0 bridgehead atoms. The second kappa shape index (κ2) is 5.48. The summed E-state index contributed by atoms with van der Waals surface area (Å²) >= 11 is 0. The molecule has 1 aromatic heterocycles. The second-order valence-electron chi connectivity index (χ2n) is 4.19. The number of nitrogen functional groups attached to an aromatic ring is 1. The van der Waals surface area contributed by atoms with Gasteiger partial charge in [-0.15, -0.1) is 0 Å². The quantitative estimate of drug-likeness (QED) is 0.917. The third-order valence-corrected chi connectivity index (χ3v) is 2.75. The predicted octanol–water partition coefficient (Wildman–Crippen LogP) is 2.01. The van der Waals surface area contributed by atoms with Crippen molar-refractivity contribution < 1.29 is 9.18 Å². The Kier molecular flexibility index (Phi) is 3.75. The molecule has 0 aliphatic heterocycles. The Labute approximate surface area is 110 Å². The predicted molar refractivity (Wildman–Crippen MR) is 72.2 cm³/mol. The monoisotopic (exact) mass is 259 g/mol. The second-order valence-corrected chi connectivity index (χ2v) is 4.19. The van der Waals surface area contributed by atoms with Gasteiger partial charge in [-0.2, -0.15) is 0 Å². The molecule has 0 atom stereocenters. The summed E-state index contributed by atoms with van der Waals surface area (Å²) < 4.78 is 13.1. The first-order valence-electron chi connectivity index (χ1n) is 5.79. The molecule has 1 aromatic carbocycles. The van der Waals surface area contributed by atoms with Gasteiger partial charge in [-0.1, -0.05) is 6.07 Å². The van der Waals surface area contributed by atoms with Crippen molar-refractivity contribution in [2.24, 2.45) is 0 Å². The van der Waals surface area contributed by atoms with Crippen LogP contribution in [-0.2, 0) is 11.2 Å². The van der Waals surface area contributed by atoms with Gasteiger partial charge in [0.15, 0.2) is 0 Å². The highest BCUT2D eigenvalue weighted by Gasteiger charge is 2.12. The topological polar surface area (TPSA) is 59.2 Å². The lowest BCUT2D eigenvalue weighted by molar-refractivity contribution is -0.117. The summed E-state index contributed by atoms with van der Waals surface area (Å²) in [7, 11) is 1.61. The van der Waals surface area contributed by atoms with E-state index in [1.165, 1.54) is 23.2 Å². The zero-order valence-corrected chi connectivity index (χ0v) is 10.5. The largest absolute Gasteiger partial charge is 0.397 e. The lowest BCUT2D eigenvalue weighted by Gasteiger charge is -2.17. The average molecular weight is 259 g/mol. The third kappa shape index (κ3) is 3.28. The molecule has 0 radical (unpaired) electrons. The van der Waals surface area contributed by atoms with Crippen LogP contribution in [0.3, 0.4) is 0 Å². The van der Waals surface area contributed by atoms with Crippen molar-refractivity contribution >= 4 is 17.3 Å². The highest BCUT2D eigenvalue weighted by molar-refractivity contribution is 5.94. The van der Waals surface area contributed by atoms with Crippen molar-refractivity contribution in [3.8, 4) is 0 Å². The number of amides is 1. The molecule has 1 heterocycles. The highest BCUT2D eigenvalue weighted by Crippen LogP contribution is 2.15. The van der Waals surface area contributed by atoms with Crippen LogP contribution in [0.1, 0.15) is 5.69 Å². The molecule has 2 rings (SSSR count). The normalized spacial score (nSPS) is 10.2.